The quantitative estimate of drug-likeness (QED) is 0.496. The van der Waals surface area contributed by atoms with Crippen molar-refractivity contribution in [2.45, 2.75) is 19.4 Å². The van der Waals surface area contributed by atoms with Gasteiger partial charge in [0.05, 0.1) is 34.0 Å². The zero-order valence-corrected chi connectivity index (χ0v) is 16.9. The van der Waals surface area contributed by atoms with Crippen molar-refractivity contribution in [1.82, 2.24) is 10.7 Å². The molecule has 2 amide bonds. The number of benzene rings is 2. The molecule has 2 N–H and O–H groups in total. The number of amides is 2. The van der Waals surface area contributed by atoms with Gasteiger partial charge in [-0.15, -0.1) is 0 Å². The van der Waals surface area contributed by atoms with Crippen molar-refractivity contribution in [3.05, 3.63) is 53.6 Å². The summed E-state index contributed by atoms with van der Waals surface area (Å²) >= 11 is 0. The van der Waals surface area contributed by atoms with Crippen LogP contribution in [0.2, 0.25) is 0 Å². The van der Waals surface area contributed by atoms with Crippen LogP contribution in [0.5, 0.6) is 17.2 Å². The van der Waals surface area contributed by atoms with E-state index in [0.717, 1.165) is 11.1 Å². The van der Waals surface area contributed by atoms with E-state index in [-0.39, 0.29) is 12.3 Å². The molecule has 2 aromatic carbocycles. The zero-order valence-electron chi connectivity index (χ0n) is 16.9. The third-order valence-electron chi connectivity index (χ3n) is 4.09. The molecule has 8 nitrogen and oxygen atoms in total. The average molecular weight is 399 g/mol. The summed E-state index contributed by atoms with van der Waals surface area (Å²) < 4.78 is 15.5. The van der Waals surface area contributed by atoms with E-state index >= 15 is 0 Å². The van der Waals surface area contributed by atoms with E-state index in [1.54, 1.807) is 63.6 Å². The molecule has 0 saturated heterocycles. The molecule has 154 valence electrons. The predicted molar refractivity (Wildman–Crippen MR) is 110 cm³/mol. The SMILES string of the molecule is COc1ccc(CC(=O)NC(C)C(=O)NN=Cc2ccc(OC)c(OC)c2)cc1. The van der Waals surface area contributed by atoms with Crippen LogP contribution < -0.4 is 25.0 Å². The van der Waals surface area contributed by atoms with E-state index in [4.69, 9.17) is 14.2 Å². The van der Waals surface area contributed by atoms with E-state index in [1.807, 2.05) is 0 Å². The fraction of sp³-hybridized carbons (Fsp3) is 0.286. The molecule has 0 bridgehead atoms. The summed E-state index contributed by atoms with van der Waals surface area (Å²) in [5.41, 5.74) is 3.95. The summed E-state index contributed by atoms with van der Waals surface area (Å²) in [6.45, 7) is 1.59. The molecule has 0 aliphatic carbocycles. The predicted octanol–water partition coefficient (Wildman–Crippen LogP) is 1.91. The minimum absolute atomic E-state index is 0.163. The monoisotopic (exact) mass is 399 g/mol. The zero-order chi connectivity index (χ0) is 21.2. The first-order chi connectivity index (χ1) is 14.0. The third-order valence-corrected chi connectivity index (χ3v) is 4.09. The maximum Gasteiger partial charge on any atom is 0.262 e. The van der Waals surface area contributed by atoms with Crippen LogP contribution in [0.15, 0.2) is 47.6 Å². The first-order valence-electron chi connectivity index (χ1n) is 8.94. The number of carbonyl (C=O) groups is 2. The van der Waals surface area contributed by atoms with Crippen molar-refractivity contribution in [3.63, 3.8) is 0 Å². The third kappa shape index (κ3) is 6.53. The van der Waals surface area contributed by atoms with Gasteiger partial charge in [0.1, 0.15) is 11.8 Å². The first kappa shape index (κ1) is 21.7. The van der Waals surface area contributed by atoms with Gasteiger partial charge in [0.25, 0.3) is 5.91 Å². The molecule has 0 fully saturated rings. The second kappa shape index (κ2) is 10.7. The summed E-state index contributed by atoms with van der Waals surface area (Å²) in [7, 11) is 4.67. The average Bonchev–Trinajstić information content (AvgIpc) is 2.73. The van der Waals surface area contributed by atoms with Crippen molar-refractivity contribution in [2.75, 3.05) is 21.3 Å². The second-order valence-electron chi connectivity index (χ2n) is 6.16. The summed E-state index contributed by atoms with van der Waals surface area (Å²) in [6, 6.07) is 11.7. The highest BCUT2D eigenvalue weighted by atomic mass is 16.5. The van der Waals surface area contributed by atoms with Crippen LogP contribution in [-0.4, -0.2) is 45.4 Å². The van der Waals surface area contributed by atoms with Crippen molar-refractivity contribution in [3.8, 4) is 17.2 Å². The summed E-state index contributed by atoms with van der Waals surface area (Å²) in [6.07, 6.45) is 1.64. The van der Waals surface area contributed by atoms with Gasteiger partial charge in [0, 0.05) is 0 Å². The van der Waals surface area contributed by atoms with Crippen LogP contribution in [0, 0.1) is 0 Å². The van der Waals surface area contributed by atoms with Gasteiger partial charge in [-0.1, -0.05) is 12.1 Å². The van der Waals surface area contributed by atoms with Gasteiger partial charge in [-0.25, -0.2) is 5.43 Å². The van der Waals surface area contributed by atoms with Gasteiger partial charge in [-0.2, -0.15) is 5.10 Å². The fourth-order valence-corrected chi connectivity index (χ4v) is 2.49. The molecule has 0 aliphatic heterocycles. The lowest BCUT2D eigenvalue weighted by Crippen LogP contribution is -2.43. The van der Waals surface area contributed by atoms with Crippen LogP contribution in [0.3, 0.4) is 0 Å². The Morgan fingerprint density at radius 3 is 2.31 bits per heavy atom. The van der Waals surface area contributed by atoms with Crippen molar-refractivity contribution < 1.29 is 23.8 Å². The van der Waals surface area contributed by atoms with Crippen molar-refractivity contribution in [2.24, 2.45) is 5.10 Å². The highest BCUT2D eigenvalue weighted by molar-refractivity contribution is 5.89. The normalized spacial score (nSPS) is 11.6. The van der Waals surface area contributed by atoms with E-state index < -0.39 is 11.9 Å². The summed E-state index contributed by atoms with van der Waals surface area (Å²) in [5.74, 6) is 1.18. The van der Waals surface area contributed by atoms with Gasteiger partial charge in [-0.05, 0) is 48.4 Å². The van der Waals surface area contributed by atoms with Crippen LogP contribution in [0.1, 0.15) is 18.1 Å². The molecule has 0 heterocycles. The molecule has 0 saturated carbocycles. The molecule has 1 atom stereocenters. The Morgan fingerprint density at radius 1 is 1.00 bits per heavy atom. The maximum atomic E-state index is 12.1. The molecule has 29 heavy (non-hydrogen) atoms. The van der Waals surface area contributed by atoms with Crippen LogP contribution in [0.4, 0.5) is 0 Å². The Bertz CT molecular complexity index is 865. The Morgan fingerprint density at radius 2 is 1.69 bits per heavy atom. The number of hydrazone groups is 1. The smallest absolute Gasteiger partial charge is 0.262 e. The van der Waals surface area contributed by atoms with Gasteiger partial charge in [0.15, 0.2) is 11.5 Å². The van der Waals surface area contributed by atoms with E-state index in [2.05, 4.69) is 15.8 Å². The standard InChI is InChI=1S/C21H25N3O5/c1-14(23-20(25)12-15-5-8-17(27-2)9-6-15)21(26)24-22-13-16-7-10-18(28-3)19(11-16)29-4/h5-11,13-14H,12H2,1-4H3,(H,23,25)(H,24,26). The highest BCUT2D eigenvalue weighted by Crippen LogP contribution is 2.26. The molecular weight excluding hydrogens is 374 g/mol. The van der Waals surface area contributed by atoms with Crippen LogP contribution in [-0.2, 0) is 16.0 Å². The largest absolute Gasteiger partial charge is 0.497 e. The maximum absolute atomic E-state index is 12.1. The molecule has 0 radical (unpaired) electrons. The number of hydrogen-bond acceptors (Lipinski definition) is 6. The number of nitrogens with one attached hydrogen (secondary N) is 2. The Kier molecular flexibility index (Phi) is 8.02. The first-order valence-corrected chi connectivity index (χ1v) is 8.94. The van der Waals surface area contributed by atoms with E-state index in [9.17, 15) is 9.59 Å². The summed E-state index contributed by atoms with van der Waals surface area (Å²) in [5, 5.41) is 6.56. The Hall–Kier alpha value is -3.55. The van der Waals surface area contributed by atoms with E-state index in [0.29, 0.717) is 17.2 Å². The number of rotatable bonds is 9. The Balaban J connectivity index is 1.84. The molecular formula is C21H25N3O5. The lowest BCUT2D eigenvalue weighted by Gasteiger charge is -2.12. The van der Waals surface area contributed by atoms with Gasteiger partial charge in [-0.3, -0.25) is 9.59 Å². The molecule has 0 aliphatic rings. The topological polar surface area (TPSA) is 98.2 Å². The molecule has 8 heteroatoms. The van der Waals surface area contributed by atoms with Gasteiger partial charge < -0.3 is 19.5 Å². The van der Waals surface area contributed by atoms with Gasteiger partial charge >= 0.3 is 0 Å². The number of hydrogen-bond donors (Lipinski definition) is 2. The number of carbonyl (C=O) groups excluding carboxylic acids is 2. The Labute approximate surface area is 169 Å². The number of ether oxygens (including phenoxy) is 3. The lowest BCUT2D eigenvalue weighted by atomic mass is 10.1. The minimum atomic E-state index is -0.733. The van der Waals surface area contributed by atoms with Crippen molar-refractivity contribution in [1.29, 1.82) is 0 Å². The van der Waals surface area contributed by atoms with E-state index in [1.165, 1.54) is 13.3 Å². The minimum Gasteiger partial charge on any atom is -0.497 e. The highest BCUT2D eigenvalue weighted by Gasteiger charge is 2.15. The number of nitrogens with zero attached hydrogens (tertiary/aromatic N) is 1. The molecule has 0 spiro atoms. The second-order valence-corrected chi connectivity index (χ2v) is 6.16. The fourth-order valence-electron chi connectivity index (χ4n) is 2.49. The summed E-state index contributed by atoms with van der Waals surface area (Å²) in [4.78, 5) is 24.2. The molecule has 2 rings (SSSR count). The molecule has 0 aromatic heterocycles. The van der Waals surface area contributed by atoms with Gasteiger partial charge in [0.2, 0.25) is 5.91 Å². The molecule has 2 aromatic rings. The lowest BCUT2D eigenvalue weighted by molar-refractivity contribution is -0.128. The van der Waals surface area contributed by atoms with Crippen molar-refractivity contribution >= 4 is 18.0 Å². The number of methoxy groups -OCH3 is 3. The van der Waals surface area contributed by atoms with Crippen LogP contribution in [0.25, 0.3) is 0 Å². The van der Waals surface area contributed by atoms with Crippen LogP contribution >= 0.6 is 0 Å². The molecule has 1 unspecified atom stereocenters.